The molecule has 0 spiro atoms. The first-order valence-electron chi connectivity index (χ1n) is 7.93. The largest absolute Gasteiger partial charge is 0.493 e. The summed E-state index contributed by atoms with van der Waals surface area (Å²) in [6.07, 6.45) is 0.827. The van der Waals surface area contributed by atoms with Crippen molar-refractivity contribution < 1.29 is 24.5 Å². The molecule has 0 amide bonds. The Kier molecular flexibility index (Phi) is 6.59. The molecule has 0 unspecified atom stereocenters. The van der Waals surface area contributed by atoms with Crippen LogP contribution in [0.5, 0.6) is 17.2 Å². The van der Waals surface area contributed by atoms with Gasteiger partial charge in [0.05, 0.1) is 38.4 Å². The van der Waals surface area contributed by atoms with Gasteiger partial charge in [0.15, 0.2) is 11.5 Å². The van der Waals surface area contributed by atoms with Crippen LogP contribution in [0.1, 0.15) is 11.1 Å². The highest BCUT2D eigenvalue weighted by Crippen LogP contribution is 2.39. The van der Waals surface area contributed by atoms with Gasteiger partial charge in [0.1, 0.15) is 6.54 Å². The molecular weight excluding hydrogens is 324 g/mol. The summed E-state index contributed by atoms with van der Waals surface area (Å²) in [6, 6.07) is 10.5. The van der Waals surface area contributed by atoms with Crippen molar-refractivity contribution in [2.75, 3.05) is 27.9 Å². The summed E-state index contributed by atoms with van der Waals surface area (Å²) in [4.78, 5) is 10.3. The predicted molar refractivity (Wildman–Crippen MR) is 93.4 cm³/mol. The lowest BCUT2D eigenvalue weighted by molar-refractivity contribution is -0.670. The van der Waals surface area contributed by atoms with E-state index in [1.807, 2.05) is 12.1 Å². The fraction of sp³-hybridized carbons (Fsp3) is 0.333. The van der Waals surface area contributed by atoms with E-state index in [1.54, 1.807) is 33.5 Å². The summed E-state index contributed by atoms with van der Waals surface area (Å²) in [5.41, 5.74) is 2.20. The van der Waals surface area contributed by atoms with Crippen LogP contribution >= 0.6 is 0 Å². The lowest BCUT2D eigenvalue weighted by Gasteiger charge is -2.15. The van der Waals surface area contributed by atoms with Crippen molar-refractivity contribution in [1.29, 1.82) is 0 Å². The summed E-state index contributed by atoms with van der Waals surface area (Å²) in [5, 5.41) is 12.8. The third kappa shape index (κ3) is 4.60. The zero-order chi connectivity index (χ0) is 18.2. The van der Waals surface area contributed by atoms with Gasteiger partial charge in [-0.2, -0.15) is 0 Å². The van der Waals surface area contributed by atoms with Crippen molar-refractivity contribution in [3.8, 4) is 17.2 Å². The normalized spacial score (nSPS) is 10.4. The number of nitrogens with two attached hydrogens (primary N) is 1. The summed E-state index contributed by atoms with van der Waals surface area (Å²) in [5.74, 6) is 1.90. The highest BCUT2D eigenvalue weighted by molar-refractivity contribution is 5.55. The maximum absolute atomic E-state index is 10.7. The van der Waals surface area contributed by atoms with E-state index in [0.717, 1.165) is 30.6 Å². The van der Waals surface area contributed by atoms with Crippen molar-refractivity contribution in [2.24, 2.45) is 0 Å². The van der Waals surface area contributed by atoms with Crippen molar-refractivity contribution in [2.45, 2.75) is 13.0 Å². The molecule has 134 valence electrons. The number of hydrogen-bond acceptors (Lipinski definition) is 5. The van der Waals surface area contributed by atoms with E-state index in [-0.39, 0.29) is 10.6 Å². The minimum Gasteiger partial charge on any atom is -0.493 e. The standard InChI is InChI=1S/C18H22N2O5/c1-23-16-9-6-14(17(24-2)18(16)25-3)12-19-11-10-13-4-7-15(8-5-13)20(21)22/h4-9,19H,10-12H2,1-3H3/p+1. The number of ether oxygens (including phenoxy) is 3. The number of nitro groups is 1. The summed E-state index contributed by atoms with van der Waals surface area (Å²) in [6.45, 7) is 1.59. The maximum atomic E-state index is 10.7. The van der Waals surface area contributed by atoms with Gasteiger partial charge in [0.25, 0.3) is 5.69 Å². The molecule has 0 bridgehead atoms. The minimum absolute atomic E-state index is 0.114. The number of nitro benzene ring substituents is 1. The first-order chi connectivity index (χ1) is 12.1. The molecule has 0 saturated carbocycles. The van der Waals surface area contributed by atoms with Crippen molar-refractivity contribution in [3.63, 3.8) is 0 Å². The molecule has 7 heteroatoms. The Labute approximate surface area is 146 Å². The van der Waals surface area contributed by atoms with Crippen molar-refractivity contribution in [1.82, 2.24) is 0 Å². The zero-order valence-corrected chi connectivity index (χ0v) is 14.7. The zero-order valence-electron chi connectivity index (χ0n) is 14.7. The lowest BCUT2D eigenvalue weighted by atomic mass is 10.1. The number of hydrogen-bond donors (Lipinski definition) is 1. The third-order valence-corrected chi connectivity index (χ3v) is 3.93. The highest BCUT2D eigenvalue weighted by Gasteiger charge is 2.16. The van der Waals surface area contributed by atoms with E-state index in [1.165, 1.54) is 12.1 Å². The topological polar surface area (TPSA) is 87.4 Å². The molecule has 0 aromatic heterocycles. The molecule has 25 heavy (non-hydrogen) atoms. The first kappa shape index (κ1) is 18.5. The molecule has 2 rings (SSSR count). The van der Waals surface area contributed by atoms with Crippen LogP contribution < -0.4 is 19.5 Å². The Balaban J connectivity index is 1.94. The van der Waals surface area contributed by atoms with Crippen molar-refractivity contribution >= 4 is 5.69 Å². The number of nitrogens with zero attached hydrogens (tertiary/aromatic N) is 1. The van der Waals surface area contributed by atoms with Crippen LogP contribution in [0.4, 0.5) is 5.69 Å². The molecule has 0 radical (unpaired) electrons. The number of methoxy groups -OCH3 is 3. The predicted octanol–water partition coefficient (Wildman–Crippen LogP) is 1.93. The smallest absolute Gasteiger partial charge is 0.269 e. The van der Waals surface area contributed by atoms with E-state index in [2.05, 4.69) is 5.32 Å². The van der Waals surface area contributed by atoms with E-state index in [4.69, 9.17) is 14.2 Å². The monoisotopic (exact) mass is 347 g/mol. The van der Waals surface area contributed by atoms with E-state index >= 15 is 0 Å². The van der Waals surface area contributed by atoms with Crippen LogP contribution in [0.15, 0.2) is 36.4 Å². The second kappa shape index (κ2) is 8.89. The van der Waals surface area contributed by atoms with E-state index in [0.29, 0.717) is 17.2 Å². The molecule has 2 aromatic rings. The summed E-state index contributed by atoms with van der Waals surface area (Å²) in [7, 11) is 4.79. The molecule has 7 nitrogen and oxygen atoms in total. The van der Waals surface area contributed by atoms with Crippen LogP contribution in [0, 0.1) is 10.1 Å². The van der Waals surface area contributed by atoms with Crippen LogP contribution in [0.3, 0.4) is 0 Å². The summed E-state index contributed by atoms with van der Waals surface area (Å²) < 4.78 is 16.1. The number of non-ortho nitro benzene ring substituents is 1. The Hall–Kier alpha value is -2.80. The van der Waals surface area contributed by atoms with Gasteiger partial charge >= 0.3 is 0 Å². The molecule has 2 aromatic carbocycles. The number of benzene rings is 2. The Morgan fingerprint density at radius 1 is 0.960 bits per heavy atom. The number of quaternary nitrogens is 1. The molecule has 0 heterocycles. The van der Waals surface area contributed by atoms with Gasteiger partial charge in [0.2, 0.25) is 5.75 Å². The fourth-order valence-corrected chi connectivity index (χ4v) is 2.63. The van der Waals surface area contributed by atoms with Gasteiger partial charge in [0, 0.05) is 18.6 Å². The fourth-order valence-electron chi connectivity index (χ4n) is 2.63. The van der Waals surface area contributed by atoms with Gasteiger partial charge in [-0.25, -0.2) is 0 Å². The Bertz CT molecular complexity index is 716. The van der Waals surface area contributed by atoms with Crippen LogP contribution in [-0.2, 0) is 13.0 Å². The average Bonchev–Trinajstić information content (AvgIpc) is 2.64. The maximum Gasteiger partial charge on any atom is 0.269 e. The van der Waals surface area contributed by atoms with Crippen LogP contribution in [-0.4, -0.2) is 32.8 Å². The van der Waals surface area contributed by atoms with Crippen molar-refractivity contribution in [3.05, 3.63) is 57.6 Å². The first-order valence-corrected chi connectivity index (χ1v) is 7.93. The number of rotatable bonds is 9. The second-order valence-corrected chi connectivity index (χ2v) is 5.45. The van der Waals surface area contributed by atoms with E-state index < -0.39 is 0 Å². The molecule has 0 aliphatic rings. The van der Waals surface area contributed by atoms with Crippen LogP contribution in [0.2, 0.25) is 0 Å². The average molecular weight is 347 g/mol. The Morgan fingerprint density at radius 2 is 1.64 bits per heavy atom. The summed E-state index contributed by atoms with van der Waals surface area (Å²) >= 11 is 0. The second-order valence-electron chi connectivity index (χ2n) is 5.45. The highest BCUT2D eigenvalue weighted by atomic mass is 16.6. The molecule has 0 aliphatic heterocycles. The quantitative estimate of drug-likeness (QED) is 0.425. The van der Waals surface area contributed by atoms with Gasteiger partial charge in [-0.3, -0.25) is 10.1 Å². The molecule has 0 atom stereocenters. The molecule has 0 fully saturated rings. The van der Waals surface area contributed by atoms with E-state index in [9.17, 15) is 10.1 Å². The van der Waals surface area contributed by atoms with Gasteiger partial charge < -0.3 is 19.5 Å². The molecule has 0 saturated heterocycles. The SMILES string of the molecule is COc1ccc(C[NH2+]CCc2ccc([N+](=O)[O-])cc2)c(OC)c1OC. The minimum atomic E-state index is -0.390. The Morgan fingerprint density at radius 3 is 2.20 bits per heavy atom. The van der Waals surface area contributed by atoms with Gasteiger partial charge in [-0.05, 0) is 17.7 Å². The molecule has 0 aliphatic carbocycles. The molecule has 2 N–H and O–H groups in total. The lowest BCUT2D eigenvalue weighted by Crippen LogP contribution is -2.83. The van der Waals surface area contributed by atoms with Crippen LogP contribution in [0.25, 0.3) is 0 Å². The third-order valence-electron chi connectivity index (χ3n) is 3.93. The van der Waals surface area contributed by atoms with Gasteiger partial charge in [-0.15, -0.1) is 0 Å². The molecular formula is C18H23N2O5+. The van der Waals surface area contributed by atoms with Gasteiger partial charge in [-0.1, -0.05) is 12.1 Å².